The van der Waals surface area contributed by atoms with Crippen molar-refractivity contribution in [2.24, 2.45) is 50.7 Å². The van der Waals surface area contributed by atoms with Gasteiger partial charge in [-0.1, -0.05) is 33.3 Å². The monoisotopic (exact) mass is 660 g/mol. The van der Waals surface area contributed by atoms with Gasteiger partial charge in [0.1, 0.15) is 0 Å². The number of allylic oxidation sites excluding steroid dienone is 2. The van der Waals surface area contributed by atoms with Crippen molar-refractivity contribution in [2.45, 2.75) is 112 Å². The minimum atomic E-state index is -5.04. The first kappa shape index (κ1) is 38.6. The number of carbonyl (C=O) groups is 1. The second kappa shape index (κ2) is 12.6. The molecule has 43 heavy (non-hydrogen) atoms. The zero-order chi connectivity index (χ0) is 30.4. The van der Waals surface area contributed by atoms with E-state index in [2.05, 4.69) is 20.8 Å². The van der Waals surface area contributed by atoms with E-state index in [0.717, 1.165) is 50.5 Å². The van der Waals surface area contributed by atoms with E-state index < -0.39 is 38.9 Å². The summed E-state index contributed by atoms with van der Waals surface area (Å²) in [6.45, 7) is 12.3. The van der Waals surface area contributed by atoms with Crippen LogP contribution in [0.25, 0.3) is 0 Å². The summed E-state index contributed by atoms with van der Waals surface area (Å²) in [4.78, 5) is 12.7. The van der Waals surface area contributed by atoms with Gasteiger partial charge in [0, 0.05) is 11.8 Å². The van der Waals surface area contributed by atoms with Crippen LogP contribution in [0.3, 0.4) is 0 Å². The van der Waals surface area contributed by atoms with E-state index in [1.165, 1.54) is 0 Å². The van der Waals surface area contributed by atoms with Gasteiger partial charge in [0.2, 0.25) is 20.8 Å². The molecular weight excluding hydrogens is 614 g/mol. The first-order valence-corrected chi connectivity index (χ1v) is 17.8. The molecule has 10 atom stereocenters. The molecule has 2 spiro atoms. The zero-order valence-electron chi connectivity index (χ0n) is 27.2. The first-order valence-electron chi connectivity index (χ1n) is 15.2. The van der Waals surface area contributed by atoms with Crippen LogP contribution in [-0.4, -0.2) is 44.4 Å². The van der Waals surface area contributed by atoms with E-state index >= 15 is 0 Å². The number of ketones is 1. The molecule has 0 N–H and O–H groups in total. The Labute approximate surface area is 302 Å². The van der Waals surface area contributed by atoms with Gasteiger partial charge in [0.15, 0.2) is 5.78 Å². The number of rotatable bonds is 9. The summed E-state index contributed by atoms with van der Waals surface area (Å²) in [5, 5.41) is 0. The van der Waals surface area contributed by atoms with Gasteiger partial charge >= 0.3 is 59.1 Å². The van der Waals surface area contributed by atoms with Crippen LogP contribution in [-0.2, 0) is 34.0 Å². The third-order valence-electron chi connectivity index (χ3n) is 13.3. The summed E-state index contributed by atoms with van der Waals surface area (Å²) < 4.78 is 79.1. The molecule has 234 valence electrons. The second-order valence-electron chi connectivity index (χ2n) is 15.2. The number of fused-ring (bicyclic) bond motifs is 2. The van der Waals surface area contributed by atoms with E-state index in [9.17, 15) is 30.7 Å². The van der Waals surface area contributed by atoms with Crippen LogP contribution < -0.4 is 59.1 Å². The van der Waals surface area contributed by atoms with E-state index in [0.29, 0.717) is 37.0 Å². The molecule has 0 aliphatic heterocycles. The maximum atomic E-state index is 12.7. The Morgan fingerprint density at radius 2 is 1.47 bits per heavy atom. The SMILES string of the molecule is CC(C)=CC(=O)C[C@@H](C)[C@H]1CC[C@@]2(C)[C@@H]3CC[C@H]4[C@](C)(COS(=O)(=O)[O-])[C@@H](OS(=O)(=O)[O-])CC[C@@]45C[C@@]35CC[C@]12C.[Na+].[Na+]. The molecule has 0 saturated heterocycles. The van der Waals surface area contributed by atoms with Gasteiger partial charge in [0.25, 0.3) is 0 Å². The minimum Gasteiger partial charge on any atom is -0.726 e. The topological polar surface area (TPSA) is 150 Å². The molecule has 0 unspecified atom stereocenters. The molecule has 5 fully saturated rings. The molecule has 0 heterocycles. The van der Waals surface area contributed by atoms with Crippen molar-refractivity contribution in [1.29, 1.82) is 0 Å². The maximum absolute atomic E-state index is 12.7. The molecule has 13 heteroatoms. The Kier molecular flexibility index (Phi) is 11.3. The van der Waals surface area contributed by atoms with Gasteiger partial charge < -0.3 is 9.11 Å². The second-order valence-corrected chi connectivity index (χ2v) is 17.3. The minimum absolute atomic E-state index is 0. The molecule has 9 nitrogen and oxygen atoms in total. The Morgan fingerprint density at radius 1 is 0.860 bits per heavy atom. The Bertz CT molecular complexity index is 1350. The Morgan fingerprint density at radius 3 is 2.05 bits per heavy atom. The molecule has 0 amide bonds. The van der Waals surface area contributed by atoms with Gasteiger partial charge in [-0.15, -0.1) is 0 Å². The largest absolute Gasteiger partial charge is 1.00 e. The van der Waals surface area contributed by atoms with E-state index in [4.69, 9.17) is 8.37 Å². The van der Waals surface area contributed by atoms with Crippen molar-refractivity contribution in [3.05, 3.63) is 11.6 Å². The molecular formula is C30H46Na2O9S2. The van der Waals surface area contributed by atoms with Crippen molar-refractivity contribution in [3.63, 3.8) is 0 Å². The van der Waals surface area contributed by atoms with Gasteiger partial charge in [-0.25, -0.2) is 16.8 Å². The van der Waals surface area contributed by atoms with Crippen LogP contribution in [0.1, 0.15) is 106 Å². The van der Waals surface area contributed by atoms with Crippen LogP contribution in [0.4, 0.5) is 0 Å². The van der Waals surface area contributed by atoms with Gasteiger partial charge in [-0.2, -0.15) is 0 Å². The normalized spacial score (nSPS) is 43.8. The summed E-state index contributed by atoms with van der Waals surface area (Å²) in [7, 11) is -10.1. The van der Waals surface area contributed by atoms with Crippen LogP contribution >= 0.6 is 0 Å². The van der Waals surface area contributed by atoms with Crippen LogP contribution in [0.15, 0.2) is 11.6 Å². The Balaban J connectivity index is 0.00000253. The fourth-order valence-corrected chi connectivity index (χ4v) is 12.7. The fourth-order valence-electron chi connectivity index (χ4n) is 11.7. The van der Waals surface area contributed by atoms with Crippen molar-refractivity contribution in [2.75, 3.05) is 6.61 Å². The summed E-state index contributed by atoms with van der Waals surface area (Å²) in [5.41, 5.74) is 0.0405. The van der Waals surface area contributed by atoms with Crippen molar-refractivity contribution in [3.8, 4) is 0 Å². The average Bonchev–Trinajstić information content (AvgIpc) is 3.40. The average molecular weight is 661 g/mol. The maximum Gasteiger partial charge on any atom is 1.00 e. The third kappa shape index (κ3) is 6.36. The van der Waals surface area contributed by atoms with Crippen LogP contribution in [0, 0.1) is 50.7 Å². The molecule has 5 saturated carbocycles. The van der Waals surface area contributed by atoms with Gasteiger partial charge in [-0.3, -0.25) is 13.2 Å². The zero-order valence-corrected chi connectivity index (χ0v) is 32.9. The molecule has 0 radical (unpaired) electrons. The summed E-state index contributed by atoms with van der Waals surface area (Å²) >= 11 is 0. The predicted octanol–water partition coefficient (Wildman–Crippen LogP) is -0.703. The first-order chi connectivity index (χ1) is 18.7. The molecule has 0 aromatic rings. The summed E-state index contributed by atoms with van der Waals surface area (Å²) in [6.07, 6.45) is 9.20. The molecule has 5 aliphatic rings. The van der Waals surface area contributed by atoms with Crippen LogP contribution in [0.2, 0.25) is 0 Å². The molecule has 0 aromatic carbocycles. The number of hydrogen-bond donors (Lipinski definition) is 0. The van der Waals surface area contributed by atoms with Gasteiger partial charge in [-0.05, 0) is 123 Å². The number of hydrogen-bond acceptors (Lipinski definition) is 9. The van der Waals surface area contributed by atoms with Crippen molar-refractivity contribution < 1.29 is 98.2 Å². The summed E-state index contributed by atoms with van der Waals surface area (Å²) in [5.74, 6) is 1.28. The van der Waals surface area contributed by atoms with Crippen LogP contribution in [0.5, 0.6) is 0 Å². The van der Waals surface area contributed by atoms with E-state index in [1.807, 2.05) is 13.8 Å². The molecule has 0 aromatic heterocycles. The van der Waals surface area contributed by atoms with E-state index in [1.54, 1.807) is 13.0 Å². The standard InChI is InChI=1S/C30H48O9S2.2Na/c1-19(2)15-21(31)16-20(3)22-9-11-28(6)24-8-7-23-26(4,18-38-40(32,33)34)25(39-41(35,36)37)10-12-29(23)17-30(24,29)14-13-27(22,28)5;;/h15,20,22-25H,7-14,16-18H2,1-6H3,(H,32,33,34)(H,35,36,37);;/q;2*+1/p-2/t20-,22-,23+,24+,25+,26+,27-,28+,29-,30+;;/m1../s1. The third-order valence-corrected chi connectivity index (χ3v) is 14.2. The van der Waals surface area contributed by atoms with Crippen molar-refractivity contribution in [1.82, 2.24) is 0 Å². The van der Waals surface area contributed by atoms with E-state index in [-0.39, 0.29) is 92.5 Å². The molecule has 0 bridgehead atoms. The van der Waals surface area contributed by atoms with Crippen molar-refractivity contribution >= 4 is 26.6 Å². The molecule has 5 rings (SSSR count). The smallest absolute Gasteiger partial charge is 0.726 e. The quantitative estimate of drug-likeness (QED) is 0.135. The summed E-state index contributed by atoms with van der Waals surface area (Å²) in [6, 6.07) is 0. The van der Waals surface area contributed by atoms with Gasteiger partial charge in [0.05, 0.1) is 12.7 Å². The Hall–Kier alpha value is 1.15. The number of carbonyl (C=O) groups excluding carboxylic acids is 1. The fraction of sp³-hybridized carbons (Fsp3) is 0.900. The predicted molar refractivity (Wildman–Crippen MR) is 150 cm³/mol. The molecule has 5 aliphatic carbocycles.